The minimum atomic E-state index is -1.99. The van der Waals surface area contributed by atoms with E-state index in [0.29, 0.717) is 6.42 Å². The van der Waals surface area contributed by atoms with Crippen molar-refractivity contribution in [3.63, 3.8) is 0 Å². The van der Waals surface area contributed by atoms with Crippen LogP contribution in [-0.2, 0) is 28.5 Å². The molecule has 0 aliphatic carbocycles. The van der Waals surface area contributed by atoms with E-state index in [1.54, 1.807) is 0 Å². The lowest BCUT2D eigenvalue weighted by atomic mass is 9.96. The molecule has 0 spiro atoms. The Morgan fingerprint density at radius 3 is 1.56 bits per heavy atom. The van der Waals surface area contributed by atoms with Crippen molar-refractivity contribution in [2.24, 2.45) is 0 Å². The number of aliphatic hydroxyl groups excluding tert-OH is 5. The van der Waals surface area contributed by atoms with E-state index in [1.165, 1.54) is 51.4 Å². The first-order valence-electron chi connectivity index (χ1n) is 14.0. The molecule has 0 saturated carbocycles. The van der Waals surface area contributed by atoms with Gasteiger partial charge in [-0.25, -0.2) is 9.59 Å². The minimum Gasteiger partial charge on any atom is -0.479 e. The Labute approximate surface area is 228 Å². The van der Waals surface area contributed by atoms with Crippen molar-refractivity contribution in [3.8, 4) is 0 Å². The molecule has 2 aliphatic heterocycles. The fourth-order valence-electron chi connectivity index (χ4n) is 4.79. The number of carboxylic acids is 2. The zero-order valence-electron chi connectivity index (χ0n) is 22.5. The maximum Gasteiger partial charge on any atom is 0.335 e. The molecule has 2 heterocycles. The number of aliphatic hydroxyl groups is 5. The summed E-state index contributed by atoms with van der Waals surface area (Å²) >= 11 is 0. The molecule has 0 aromatic heterocycles. The average molecular weight is 567 g/mol. The first kappa shape index (κ1) is 33.8. The van der Waals surface area contributed by atoms with Crippen molar-refractivity contribution in [1.29, 1.82) is 0 Å². The highest BCUT2D eigenvalue weighted by Gasteiger charge is 2.53. The van der Waals surface area contributed by atoms with E-state index in [9.17, 15) is 40.2 Å². The van der Waals surface area contributed by atoms with Crippen LogP contribution in [0.25, 0.3) is 0 Å². The van der Waals surface area contributed by atoms with Gasteiger partial charge in [0.1, 0.15) is 36.6 Å². The van der Waals surface area contributed by atoms with E-state index in [4.69, 9.17) is 24.1 Å². The molecule has 0 bridgehead atoms. The van der Waals surface area contributed by atoms with Crippen LogP contribution in [0.2, 0.25) is 0 Å². The molecule has 0 aromatic carbocycles. The van der Waals surface area contributed by atoms with Crippen molar-refractivity contribution in [3.05, 3.63) is 0 Å². The lowest BCUT2D eigenvalue weighted by Crippen LogP contribution is -2.65. The van der Waals surface area contributed by atoms with Gasteiger partial charge < -0.3 is 54.7 Å². The molecule has 228 valence electrons. The second-order valence-corrected chi connectivity index (χ2v) is 10.3. The number of hydrogen-bond donors (Lipinski definition) is 7. The third-order valence-corrected chi connectivity index (χ3v) is 7.17. The number of carboxylic acid groups (broad SMARTS) is 2. The van der Waals surface area contributed by atoms with E-state index in [0.717, 1.165) is 19.3 Å². The standard InChI is InChI=1S/C26H46O13/c1-2-3-4-5-6-7-8-9-10-11-12-13-14-36-25-19(31)17(29)20(22(39-25)24(34)35)37-26-18(30)15(27)16(28)21(38-26)23(32)33/h15-22,25-31H,2-14H2,1H3,(H,32,33)(H,34,35)/t15-,16-,17+,18+,19+,20+,21-,22-,25+,26+/m0/s1. The summed E-state index contributed by atoms with van der Waals surface area (Å²) < 4.78 is 21.1. The molecule has 13 nitrogen and oxygen atoms in total. The van der Waals surface area contributed by atoms with E-state index in [-0.39, 0.29) is 6.61 Å². The van der Waals surface area contributed by atoms with Gasteiger partial charge in [-0.1, -0.05) is 77.6 Å². The van der Waals surface area contributed by atoms with E-state index < -0.39 is 73.4 Å². The number of hydrogen-bond acceptors (Lipinski definition) is 11. The maximum absolute atomic E-state index is 11.8. The van der Waals surface area contributed by atoms with Crippen LogP contribution >= 0.6 is 0 Å². The molecule has 0 aromatic rings. The fraction of sp³-hybridized carbons (Fsp3) is 0.923. The average Bonchev–Trinajstić information content (AvgIpc) is 2.90. The van der Waals surface area contributed by atoms with Gasteiger partial charge in [-0.2, -0.15) is 0 Å². The Morgan fingerprint density at radius 1 is 0.590 bits per heavy atom. The Morgan fingerprint density at radius 2 is 1.05 bits per heavy atom. The van der Waals surface area contributed by atoms with Crippen molar-refractivity contribution in [1.82, 2.24) is 0 Å². The van der Waals surface area contributed by atoms with Gasteiger partial charge in [-0.15, -0.1) is 0 Å². The first-order chi connectivity index (χ1) is 18.6. The third-order valence-electron chi connectivity index (χ3n) is 7.17. The molecule has 2 aliphatic rings. The van der Waals surface area contributed by atoms with Crippen LogP contribution in [0.4, 0.5) is 0 Å². The maximum atomic E-state index is 11.8. The van der Waals surface area contributed by atoms with E-state index in [1.807, 2.05) is 0 Å². The van der Waals surface area contributed by atoms with Gasteiger partial charge in [-0.3, -0.25) is 0 Å². The molecule has 2 rings (SSSR count). The predicted octanol–water partition coefficient (Wildman–Crippen LogP) is 0.513. The van der Waals surface area contributed by atoms with Gasteiger partial charge in [0.2, 0.25) is 0 Å². The third kappa shape index (κ3) is 10.2. The summed E-state index contributed by atoms with van der Waals surface area (Å²) in [4.78, 5) is 23.1. The van der Waals surface area contributed by atoms with Gasteiger partial charge >= 0.3 is 11.9 Å². The number of aliphatic carboxylic acids is 2. The molecule has 0 amide bonds. The highest BCUT2D eigenvalue weighted by molar-refractivity contribution is 5.74. The van der Waals surface area contributed by atoms with Crippen molar-refractivity contribution < 1.29 is 64.3 Å². The molecule has 7 N–H and O–H groups in total. The predicted molar refractivity (Wildman–Crippen MR) is 135 cm³/mol. The molecule has 13 heteroatoms. The van der Waals surface area contributed by atoms with Gasteiger partial charge in [0.25, 0.3) is 0 Å². The van der Waals surface area contributed by atoms with Crippen LogP contribution in [0, 0.1) is 0 Å². The molecule has 2 fully saturated rings. The van der Waals surface area contributed by atoms with Gasteiger partial charge in [0.05, 0.1) is 0 Å². The Balaban J connectivity index is 1.76. The topological polar surface area (TPSA) is 213 Å². The quantitative estimate of drug-likeness (QED) is 0.113. The molecule has 10 atom stereocenters. The summed E-state index contributed by atoms with van der Waals surface area (Å²) in [5, 5.41) is 69.7. The summed E-state index contributed by atoms with van der Waals surface area (Å²) in [7, 11) is 0. The van der Waals surface area contributed by atoms with Crippen LogP contribution in [0.5, 0.6) is 0 Å². The second-order valence-electron chi connectivity index (χ2n) is 10.3. The van der Waals surface area contributed by atoms with Gasteiger partial charge in [0.15, 0.2) is 24.8 Å². The molecular weight excluding hydrogens is 520 g/mol. The number of rotatable bonds is 18. The Hall–Kier alpha value is -1.42. The molecule has 0 unspecified atom stereocenters. The molecule has 39 heavy (non-hydrogen) atoms. The number of ether oxygens (including phenoxy) is 4. The highest BCUT2D eigenvalue weighted by Crippen LogP contribution is 2.30. The second kappa shape index (κ2) is 17.4. The summed E-state index contributed by atoms with van der Waals surface area (Å²) in [6.45, 7) is 2.37. The molecule has 2 saturated heterocycles. The van der Waals surface area contributed by atoms with Crippen molar-refractivity contribution >= 4 is 11.9 Å². The van der Waals surface area contributed by atoms with Crippen LogP contribution in [-0.4, -0.2) is 116 Å². The lowest BCUT2D eigenvalue weighted by molar-refractivity contribution is -0.350. The Bertz CT molecular complexity index is 722. The SMILES string of the molecule is CCCCCCCCCCCCCCO[C@@H]1O[C@H](C(=O)O)[C@H](O[C@@H]2O[C@H](C(=O)O)[C@@H](O)[C@H](O)[C@H]2O)[C@H](O)[C@H]1O. The normalized spacial score (nSPS) is 35.1. The van der Waals surface area contributed by atoms with Gasteiger partial charge in [0, 0.05) is 6.61 Å². The largest absolute Gasteiger partial charge is 0.479 e. The zero-order chi connectivity index (χ0) is 28.9. The highest BCUT2D eigenvalue weighted by atomic mass is 16.7. The minimum absolute atomic E-state index is 0.165. The first-order valence-corrected chi connectivity index (χ1v) is 14.0. The summed E-state index contributed by atoms with van der Waals surface area (Å²) in [6.07, 6.45) is -4.88. The van der Waals surface area contributed by atoms with Crippen molar-refractivity contribution in [2.75, 3.05) is 6.61 Å². The fourth-order valence-corrected chi connectivity index (χ4v) is 4.79. The van der Waals surface area contributed by atoms with E-state index >= 15 is 0 Å². The van der Waals surface area contributed by atoms with Crippen LogP contribution in [0.15, 0.2) is 0 Å². The van der Waals surface area contributed by atoms with Gasteiger partial charge in [-0.05, 0) is 6.42 Å². The monoisotopic (exact) mass is 566 g/mol. The van der Waals surface area contributed by atoms with Crippen LogP contribution < -0.4 is 0 Å². The molecule has 0 radical (unpaired) electrons. The van der Waals surface area contributed by atoms with E-state index in [2.05, 4.69) is 6.92 Å². The zero-order valence-corrected chi connectivity index (χ0v) is 22.5. The van der Waals surface area contributed by atoms with Crippen molar-refractivity contribution in [2.45, 2.75) is 145 Å². The Kier molecular flexibility index (Phi) is 15.1. The smallest absolute Gasteiger partial charge is 0.335 e. The lowest BCUT2D eigenvalue weighted by Gasteiger charge is -2.44. The number of carbonyl (C=O) groups is 2. The van der Waals surface area contributed by atoms with Crippen LogP contribution in [0.3, 0.4) is 0 Å². The summed E-state index contributed by atoms with van der Waals surface area (Å²) in [5.41, 5.74) is 0. The molecular formula is C26H46O13. The summed E-state index contributed by atoms with van der Waals surface area (Å²) in [6, 6.07) is 0. The van der Waals surface area contributed by atoms with Crippen LogP contribution in [0.1, 0.15) is 84.0 Å². The summed E-state index contributed by atoms with van der Waals surface area (Å²) in [5.74, 6) is -3.24. The number of unbranched alkanes of at least 4 members (excludes halogenated alkanes) is 11.